The highest BCUT2D eigenvalue weighted by Gasteiger charge is 2.11. The van der Waals surface area contributed by atoms with Crippen molar-refractivity contribution < 1.29 is 9.84 Å². The van der Waals surface area contributed by atoms with Crippen molar-refractivity contribution in [1.82, 2.24) is 9.55 Å². The first-order chi connectivity index (χ1) is 10.7. The molecule has 0 atom stereocenters. The maximum atomic E-state index is 9.30. The minimum atomic E-state index is 0.0802. The van der Waals surface area contributed by atoms with E-state index >= 15 is 0 Å². The average Bonchev–Trinajstić information content (AvgIpc) is 2.87. The number of hydrogen-bond acceptors (Lipinski definition) is 3. The lowest BCUT2D eigenvalue weighted by molar-refractivity contribution is 0.259. The largest absolute Gasteiger partial charge is 0.485 e. The molecule has 4 nitrogen and oxygen atoms in total. The Hall–Kier alpha value is -2.33. The molecule has 0 aliphatic heterocycles. The molecular weight excluding hydrogens is 276 g/mol. The number of hydrogen-bond donors (Lipinski definition) is 1. The van der Waals surface area contributed by atoms with Gasteiger partial charge in [0.05, 0.1) is 17.6 Å². The van der Waals surface area contributed by atoms with E-state index in [0.717, 1.165) is 28.2 Å². The van der Waals surface area contributed by atoms with E-state index in [1.165, 1.54) is 5.56 Å². The number of benzene rings is 2. The van der Waals surface area contributed by atoms with Crippen molar-refractivity contribution in [2.75, 3.05) is 6.61 Å². The molecule has 0 aliphatic rings. The molecule has 0 unspecified atom stereocenters. The molecule has 4 heteroatoms. The SMILES string of the molecule is Cc1ccc(C)c(OCc2nc3ccccc3n2CCO)c1. The van der Waals surface area contributed by atoms with Gasteiger partial charge in [-0.1, -0.05) is 24.3 Å². The molecular formula is C18H20N2O2. The van der Waals surface area contributed by atoms with Crippen LogP contribution in [-0.4, -0.2) is 21.3 Å². The third-order valence-corrected chi connectivity index (χ3v) is 3.76. The molecule has 0 aliphatic carbocycles. The van der Waals surface area contributed by atoms with Gasteiger partial charge >= 0.3 is 0 Å². The van der Waals surface area contributed by atoms with Crippen LogP contribution in [0.5, 0.6) is 5.75 Å². The van der Waals surface area contributed by atoms with Crippen molar-refractivity contribution in [2.24, 2.45) is 0 Å². The number of ether oxygens (including phenoxy) is 1. The molecule has 0 fully saturated rings. The predicted molar refractivity (Wildman–Crippen MR) is 87.1 cm³/mol. The Morgan fingerprint density at radius 1 is 1.14 bits per heavy atom. The molecule has 1 aromatic heterocycles. The van der Waals surface area contributed by atoms with Gasteiger partial charge in [-0.2, -0.15) is 0 Å². The number of aryl methyl sites for hydroxylation is 2. The summed E-state index contributed by atoms with van der Waals surface area (Å²) in [5.74, 6) is 1.71. The summed E-state index contributed by atoms with van der Waals surface area (Å²) in [7, 11) is 0. The van der Waals surface area contributed by atoms with E-state index in [2.05, 4.69) is 17.1 Å². The number of aromatic nitrogens is 2. The number of rotatable bonds is 5. The van der Waals surface area contributed by atoms with Crippen LogP contribution in [0, 0.1) is 13.8 Å². The van der Waals surface area contributed by atoms with E-state index in [1.54, 1.807) is 0 Å². The summed E-state index contributed by atoms with van der Waals surface area (Å²) in [6, 6.07) is 14.1. The van der Waals surface area contributed by atoms with Gasteiger partial charge in [0.1, 0.15) is 18.2 Å². The Balaban J connectivity index is 1.90. The summed E-state index contributed by atoms with van der Waals surface area (Å²) in [6.07, 6.45) is 0. The maximum absolute atomic E-state index is 9.30. The summed E-state index contributed by atoms with van der Waals surface area (Å²) in [4.78, 5) is 4.63. The molecule has 22 heavy (non-hydrogen) atoms. The Kier molecular flexibility index (Phi) is 4.11. The number of para-hydroxylation sites is 2. The van der Waals surface area contributed by atoms with Crippen LogP contribution in [0.2, 0.25) is 0 Å². The summed E-state index contributed by atoms with van der Waals surface area (Å²) in [6.45, 7) is 5.07. The van der Waals surface area contributed by atoms with Crippen LogP contribution in [0.3, 0.4) is 0 Å². The summed E-state index contributed by atoms with van der Waals surface area (Å²) in [5, 5.41) is 9.30. The van der Waals surface area contributed by atoms with Gasteiger partial charge in [-0.15, -0.1) is 0 Å². The minimum absolute atomic E-state index is 0.0802. The van der Waals surface area contributed by atoms with Crippen molar-refractivity contribution in [3.63, 3.8) is 0 Å². The second kappa shape index (κ2) is 6.20. The quantitative estimate of drug-likeness (QED) is 0.786. The van der Waals surface area contributed by atoms with E-state index in [-0.39, 0.29) is 6.61 Å². The Morgan fingerprint density at radius 2 is 1.95 bits per heavy atom. The van der Waals surface area contributed by atoms with Crippen LogP contribution in [0.1, 0.15) is 17.0 Å². The van der Waals surface area contributed by atoms with E-state index in [4.69, 9.17) is 4.74 Å². The van der Waals surface area contributed by atoms with Gasteiger partial charge in [0.15, 0.2) is 0 Å². The number of aliphatic hydroxyl groups excluding tert-OH is 1. The van der Waals surface area contributed by atoms with Gasteiger partial charge in [-0.25, -0.2) is 4.98 Å². The van der Waals surface area contributed by atoms with Gasteiger partial charge in [-0.3, -0.25) is 0 Å². The Bertz CT molecular complexity index is 793. The highest BCUT2D eigenvalue weighted by atomic mass is 16.5. The standard InChI is InChI=1S/C18H20N2O2/c1-13-7-8-14(2)17(11-13)22-12-18-19-15-5-3-4-6-16(15)20(18)9-10-21/h3-8,11,21H,9-10,12H2,1-2H3. The van der Waals surface area contributed by atoms with Gasteiger partial charge in [0, 0.05) is 6.54 Å². The fraction of sp³-hybridized carbons (Fsp3) is 0.278. The van der Waals surface area contributed by atoms with Crippen LogP contribution >= 0.6 is 0 Å². The Morgan fingerprint density at radius 3 is 2.77 bits per heavy atom. The lowest BCUT2D eigenvalue weighted by Crippen LogP contribution is -2.10. The molecule has 0 saturated heterocycles. The second-order valence-electron chi connectivity index (χ2n) is 5.45. The minimum Gasteiger partial charge on any atom is -0.485 e. The third kappa shape index (κ3) is 2.83. The molecule has 0 bridgehead atoms. The maximum Gasteiger partial charge on any atom is 0.148 e. The number of nitrogens with zero attached hydrogens (tertiary/aromatic N) is 2. The highest BCUT2D eigenvalue weighted by molar-refractivity contribution is 5.75. The summed E-state index contributed by atoms with van der Waals surface area (Å²) in [5.41, 5.74) is 4.23. The van der Waals surface area contributed by atoms with Crippen LogP contribution in [0.4, 0.5) is 0 Å². The highest BCUT2D eigenvalue weighted by Crippen LogP contribution is 2.22. The van der Waals surface area contributed by atoms with Crippen LogP contribution in [0.15, 0.2) is 42.5 Å². The van der Waals surface area contributed by atoms with Crippen LogP contribution < -0.4 is 4.74 Å². The van der Waals surface area contributed by atoms with Crippen LogP contribution in [-0.2, 0) is 13.2 Å². The number of aliphatic hydroxyl groups is 1. The molecule has 3 rings (SSSR count). The molecule has 114 valence electrons. The molecule has 0 amide bonds. The van der Waals surface area contributed by atoms with Gasteiger partial charge in [0.25, 0.3) is 0 Å². The second-order valence-corrected chi connectivity index (χ2v) is 5.45. The third-order valence-electron chi connectivity index (χ3n) is 3.76. The number of imidazole rings is 1. The molecule has 3 aromatic rings. The lowest BCUT2D eigenvalue weighted by atomic mass is 10.1. The zero-order valence-electron chi connectivity index (χ0n) is 12.9. The lowest BCUT2D eigenvalue weighted by Gasteiger charge is -2.11. The monoisotopic (exact) mass is 296 g/mol. The topological polar surface area (TPSA) is 47.3 Å². The molecule has 2 aromatic carbocycles. The van der Waals surface area contributed by atoms with E-state index < -0.39 is 0 Å². The fourth-order valence-corrected chi connectivity index (χ4v) is 2.59. The van der Waals surface area contributed by atoms with Gasteiger partial charge < -0.3 is 14.4 Å². The van der Waals surface area contributed by atoms with E-state index in [9.17, 15) is 5.11 Å². The molecule has 0 radical (unpaired) electrons. The predicted octanol–water partition coefficient (Wildman–Crippen LogP) is 3.22. The molecule has 1 heterocycles. The molecule has 0 spiro atoms. The van der Waals surface area contributed by atoms with Crippen LogP contribution in [0.25, 0.3) is 11.0 Å². The molecule has 1 N–H and O–H groups in total. The van der Waals surface area contributed by atoms with Crippen molar-refractivity contribution in [3.05, 3.63) is 59.4 Å². The Labute approximate surface area is 130 Å². The summed E-state index contributed by atoms with van der Waals surface area (Å²) < 4.78 is 7.97. The average molecular weight is 296 g/mol. The van der Waals surface area contributed by atoms with Crippen molar-refractivity contribution in [2.45, 2.75) is 27.0 Å². The summed E-state index contributed by atoms with van der Waals surface area (Å²) >= 11 is 0. The zero-order valence-corrected chi connectivity index (χ0v) is 12.9. The zero-order chi connectivity index (χ0) is 15.5. The molecule has 0 saturated carbocycles. The first-order valence-electron chi connectivity index (χ1n) is 7.44. The van der Waals surface area contributed by atoms with E-state index in [0.29, 0.717) is 13.2 Å². The first-order valence-corrected chi connectivity index (χ1v) is 7.44. The van der Waals surface area contributed by atoms with Crippen molar-refractivity contribution in [1.29, 1.82) is 0 Å². The number of fused-ring (bicyclic) bond motifs is 1. The van der Waals surface area contributed by atoms with E-state index in [1.807, 2.05) is 48.7 Å². The normalized spacial score (nSPS) is 11.0. The van der Waals surface area contributed by atoms with Gasteiger partial charge in [-0.05, 0) is 43.2 Å². The van der Waals surface area contributed by atoms with Crippen molar-refractivity contribution >= 4 is 11.0 Å². The smallest absolute Gasteiger partial charge is 0.148 e. The van der Waals surface area contributed by atoms with Crippen molar-refractivity contribution in [3.8, 4) is 5.75 Å². The van der Waals surface area contributed by atoms with Gasteiger partial charge in [0.2, 0.25) is 0 Å². The first kappa shape index (κ1) is 14.6. The fourth-order valence-electron chi connectivity index (χ4n) is 2.59.